The van der Waals surface area contributed by atoms with E-state index in [1.54, 1.807) is 42.4 Å². The maximum absolute atomic E-state index is 13.0. The van der Waals surface area contributed by atoms with Gasteiger partial charge in [-0.1, -0.05) is 195 Å². The normalized spacial score (nSPS) is 17.4. The van der Waals surface area contributed by atoms with Crippen molar-refractivity contribution in [3.05, 3.63) is 121 Å². The Labute approximate surface area is 565 Å². The van der Waals surface area contributed by atoms with E-state index in [9.17, 15) is 8.78 Å². The molecule has 11 nitrogen and oxygen atoms in total. The van der Waals surface area contributed by atoms with Crippen molar-refractivity contribution in [2.75, 3.05) is 0 Å². The quantitative estimate of drug-likeness (QED) is 0.161. The van der Waals surface area contributed by atoms with Crippen molar-refractivity contribution in [1.82, 2.24) is 48.5 Å². The lowest BCUT2D eigenvalue weighted by Crippen LogP contribution is -2.24. The van der Waals surface area contributed by atoms with E-state index < -0.39 is 11.3 Å². The number of aryl methyl sites for hydroxylation is 6. The van der Waals surface area contributed by atoms with Gasteiger partial charge >= 0.3 is 0 Å². The van der Waals surface area contributed by atoms with Gasteiger partial charge in [-0.25, -0.2) is 22.5 Å². The fourth-order valence-corrected chi connectivity index (χ4v) is 12.5. The van der Waals surface area contributed by atoms with Gasteiger partial charge in [0.25, 0.3) is 0 Å². The van der Waals surface area contributed by atoms with Gasteiger partial charge in [0.2, 0.25) is 0 Å². The molecule has 3 aliphatic rings. The number of alkyl halides is 2. The van der Waals surface area contributed by atoms with Gasteiger partial charge in [-0.3, -0.25) is 9.67 Å². The predicted molar refractivity (Wildman–Crippen MR) is 395 cm³/mol. The van der Waals surface area contributed by atoms with Gasteiger partial charge in [-0.15, -0.1) is 10.2 Å². The number of benzene rings is 1. The molecular formula is C76H135F2N11S2. The van der Waals surface area contributed by atoms with Crippen LogP contribution in [0.15, 0.2) is 71.5 Å². The summed E-state index contributed by atoms with van der Waals surface area (Å²) in [4.78, 5) is 7.13. The Morgan fingerprint density at radius 2 is 1.13 bits per heavy atom. The van der Waals surface area contributed by atoms with Crippen molar-refractivity contribution in [3.8, 4) is 0 Å². The van der Waals surface area contributed by atoms with E-state index in [1.165, 1.54) is 60.2 Å². The number of hydrogen-bond acceptors (Lipinski definition) is 10. The number of halogens is 2. The average molecular weight is 1310 g/mol. The van der Waals surface area contributed by atoms with Crippen molar-refractivity contribution < 1.29 is 8.78 Å². The third-order valence-electron chi connectivity index (χ3n) is 15.8. The molecule has 520 valence electrons. The highest BCUT2D eigenvalue weighted by Gasteiger charge is 2.56. The van der Waals surface area contributed by atoms with Gasteiger partial charge in [-0.2, -0.15) is 9.47 Å². The number of rotatable bonds is 1. The molecule has 2 fully saturated rings. The predicted octanol–water partition coefficient (Wildman–Crippen LogP) is 22.9. The Morgan fingerprint density at radius 1 is 0.615 bits per heavy atom. The second kappa shape index (κ2) is 34.6. The largest absolute Gasteiger partial charge is 0.272 e. The zero-order valence-electron chi connectivity index (χ0n) is 63.1. The fraction of sp³-hybridized carbons (Fsp3) is 0.711. The first kappa shape index (κ1) is 88.3. The average Bonchev–Trinajstić information content (AvgIpc) is 1.62. The van der Waals surface area contributed by atoms with Crippen LogP contribution in [-0.4, -0.2) is 66.1 Å². The van der Waals surface area contributed by atoms with Crippen molar-refractivity contribution in [2.45, 2.75) is 321 Å². The number of allylic oxidation sites excluding steroid dienone is 2. The van der Waals surface area contributed by atoms with Gasteiger partial charge in [0.1, 0.15) is 11.3 Å². The SMILES string of the molecule is C.C.CC(C)(C)C1(F)CC1.CC(C)(C)C1CC1(C)F.CC(C)(C)n1ccnn1.CC1=C(C(C)(C)C)C(C)C=N1.Cc1ccccc1C(C)C.Cc1cnn(C)c1C(C)(C)C.Cc1cnnn1C(C)(C)C.Cc1cnsc1C(C)(C)C.Cc1nsc(C(C)(C)C)c1C. The number of aromatic nitrogens is 10. The second-order valence-corrected chi connectivity index (χ2v) is 35.1. The molecular weight excluding hydrogens is 1170 g/mol. The van der Waals surface area contributed by atoms with Crippen LogP contribution in [0.25, 0.3) is 0 Å². The van der Waals surface area contributed by atoms with Crippen molar-refractivity contribution in [2.24, 2.45) is 40.1 Å². The summed E-state index contributed by atoms with van der Waals surface area (Å²) >= 11 is 3.24. The second-order valence-electron chi connectivity index (χ2n) is 33.5. The summed E-state index contributed by atoms with van der Waals surface area (Å²) in [5.41, 5.74) is 12.6. The summed E-state index contributed by atoms with van der Waals surface area (Å²) in [7, 11) is 1.99. The van der Waals surface area contributed by atoms with Crippen LogP contribution in [0.1, 0.15) is 295 Å². The first-order valence-electron chi connectivity index (χ1n) is 32.2. The van der Waals surface area contributed by atoms with Crippen molar-refractivity contribution in [1.29, 1.82) is 0 Å². The minimum absolute atomic E-state index is 0. The van der Waals surface area contributed by atoms with Gasteiger partial charge in [0.15, 0.2) is 0 Å². The highest BCUT2D eigenvalue weighted by atomic mass is 32.1. The van der Waals surface area contributed by atoms with Gasteiger partial charge < -0.3 is 0 Å². The number of nitrogens with zero attached hydrogens (tertiary/aromatic N) is 11. The Balaban J connectivity index is 0. The fourth-order valence-electron chi connectivity index (χ4n) is 10.8. The zero-order chi connectivity index (χ0) is 69.7. The topological polar surface area (TPSA) is 117 Å². The number of aliphatic imine (C=N–C) groups is 1. The lowest BCUT2D eigenvalue weighted by atomic mass is 9.80. The van der Waals surface area contributed by atoms with Gasteiger partial charge in [-0.05, 0) is 206 Å². The van der Waals surface area contributed by atoms with Crippen LogP contribution < -0.4 is 0 Å². The van der Waals surface area contributed by atoms with E-state index in [0.717, 1.165) is 25.0 Å². The first-order valence-corrected chi connectivity index (χ1v) is 33.8. The maximum Gasteiger partial charge on any atom is 0.116 e. The third-order valence-corrected chi connectivity index (χ3v) is 18.6. The highest BCUT2D eigenvalue weighted by Crippen LogP contribution is 2.56. The summed E-state index contributed by atoms with van der Waals surface area (Å²) in [5.74, 6) is 1.49. The summed E-state index contributed by atoms with van der Waals surface area (Å²) in [6, 6.07) is 8.54. The van der Waals surface area contributed by atoms with E-state index >= 15 is 0 Å². The molecule has 0 radical (unpaired) electrons. The third kappa shape index (κ3) is 29.6. The molecule has 15 heteroatoms. The molecule has 3 atom stereocenters. The van der Waals surface area contributed by atoms with Crippen molar-refractivity contribution >= 4 is 29.3 Å². The molecule has 1 aliphatic heterocycles. The minimum Gasteiger partial charge on any atom is -0.272 e. The Bertz CT molecular complexity index is 3010. The smallest absolute Gasteiger partial charge is 0.116 e. The zero-order valence-corrected chi connectivity index (χ0v) is 64.8. The molecule has 2 saturated carbocycles. The van der Waals surface area contributed by atoms with E-state index in [0.29, 0.717) is 17.8 Å². The Morgan fingerprint density at radius 3 is 1.31 bits per heavy atom. The summed E-state index contributed by atoms with van der Waals surface area (Å²) in [6.45, 7) is 74.5. The van der Waals surface area contributed by atoms with Crippen LogP contribution in [0.2, 0.25) is 0 Å². The van der Waals surface area contributed by atoms with Gasteiger partial charge in [0.05, 0.1) is 41.1 Å². The van der Waals surface area contributed by atoms with E-state index in [2.05, 4.69) is 271 Å². The molecule has 0 bridgehead atoms. The molecule has 5 aromatic heterocycles. The molecule has 1 aromatic carbocycles. The van der Waals surface area contributed by atoms with Gasteiger partial charge in [0, 0.05) is 64.1 Å². The molecule has 0 N–H and O–H groups in total. The lowest BCUT2D eigenvalue weighted by Gasteiger charge is -2.24. The molecule has 0 saturated heterocycles. The van der Waals surface area contributed by atoms with E-state index in [4.69, 9.17) is 0 Å². The minimum atomic E-state index is -0.849. The maximum atomic E-state index is 13.0. The molecule has 0 amide bonds. The molecule has 6 heterocycles. The summed E-state index contributed by atoms with van der Waals surface area (Å²) in [6.07, 6.45) is 13.5. The Kier molecular flexibility index (Phi) is 33.6. The van der Waals surface area contributed by atoms with E-state index in [-0.39, 0.29) is 58.4 Å². The van der Waals surface area contributed by atoms with Crippen LogP contribution in [0.3, 0.4) is 0 Å². The summed E-state index contributed by atoms with van der Waals surface area (Å²) in [5, 5.41) is 19.5. The molecule has 2 aliphatic carbocycles. The highest BCUT2D eigenvalue weighted by molar-refractivity contribution is 7.06. The monoisotopic (exact) mass is 1300 g/mol. The van der Waals surface area contributed by atoms with Crippen LogP contribution in [0.5, 0.6) is 0 Å². The Hall–Kier alpha value is -4.76. The van der Waals surface area contributed by atoms with Crippen molar-refractivity contribution in [3.63, 3.8) is 0 Å². The standard InChI is InChI=1S/C10H17N.C10H14.C9H16N2.C9H15NS.C8H15F.C8H13NS.C7H13F.C7H13N3.C6H11N3.2CH4/c1-7-6-11-8(2)9(7)10(3,4)5;1-8(2)10-7-5-4-6-9(10)3;1-7-6-10-11(5)8(7)9(2,3)4;1-6-7(2)10-11-8(6)9(3,4)5;1-7(2,3)6-5-8(6,4)9;1-6-5-9-10-7(6)8(2,3)4;1-6(2,3)7(8)4-5-7;1-6-5-8-9-10(6)7(2,3)4;1-6(2,3)9-5-4-7-8-9;;/h6-7H,1-5H3;4-8H,1-3H3;6H,1-5H3;1-5H3;6H,5H2,1-4H3;5H,1-4H3;4-5H2,1-3H3;5H,1-4H3;4-5H,1-3H3;2*1H4. The lowest BCUT2D eigenvalue weighted by molar-refractivity contribution is 0.137. The van der Waals surface area contributed by atoms with Crippen LogP contribution in [-0.2, 0) is 34.4 Å². The van der Waals surface area contributed by atoms with E-state index in [1.807, 2.05) is 73.6 Å². The van der Waals surface area contributed by atoms with Crippen LogP contribution in [0.4, 0.5) is 8.78 Å². The molecule has 6 aromatic rings. The molecule has 9 rings (SSSR count). The molecule has 91 heavy (non-hydrogen) atoms. The molecule has 3 unspecified atom stereocenters. The first-order chi connectivity index (χ1) is 39.9. The summed E-state index contributed by atoms with van der Waals surface area (Å²) < 4.78 is 40.1. The molecule has 0 spiro atoms. The van der Waals surface area contributed by atoms with Crippen LogP contribution >= 0.6 is 23.1 Å². The number of hydrogen-bond donors (Lipinski definition) is 0. The van der Waals surface area contributed by atoms with Crippen LogP contribution in [0, 0.1) is 69.6 Å².